The monoisotopic (exact) mass is 558 g/mol. The Bertz CT molecular complexity index is 1280. The van der Waals surface area contributed by atoms with Crippen molar-refractivity contribution in [3.8, 4) is 5.75 Å². The van der Waals surface area contributed by atoms with Crippen molar-refractivity contribution in [3.05, 3.63) is 71.4 Å². The lowest BCUT2D eigenvalue weighted by Gasteiger charge is -2.39. The molecule has 0 spiro atoms. The number of alkyl halides is 3. The summed E-state index contributed by atoms with van der Waals surface area (Å²) in [5.74, 6) is 0.265. The standard InChI is InChI=1S/C31H37F3N2O4/c1-40-24-10-11-28-26(19-24)25(14-16-35-28)29(37)12-8-21-15-18-36(20-23(21)9-13-30(38)39)17-4-6-22-5-2-3-7-27(22)31(32,33)34/h2-3,5,7,10-11,14,16,19,21,23,29,37H,4,6,8-9,12-13,15,17-18,20H2,1H3,(H,38,39)/t21-,23-,29-/m1/s1. The van der Waals surface area contributed by atoms with Crippen molar-refractivity contribution < 1.29 is 32.9 Å². The van der Waals surface area contributed by atoms with Crippen LogP contribution in [0.3, 0.4) is 0 Å². The van der Waals surface area contributed by atoms with Crippen LogP contribution in [0.25, 0.3) is 10.9 Å². The number of methoxy groups -OCH3 is 1. The number of pyridine rings is 1. The fourth-order valence-electron chi connectivity index (χ4n) is 5.97. The van der Waals surface area contributed by atoms with Crippen LogP contribution >= 0.6 is 0 Å². The maximum atomic E-state index is 13.3. The normalized spacial score (nSPS) is 19.0. The lowest BCUT2D eigenvalue weighted by molar-refractivity contribution is -0.138. The first kappa shape index (κ1) is 29.8. The number of piperidine rings is 1. The molecule has 0 bridgehead atoms. The molecular weight excluding hydrogens is 521 g/mol. The second kappa shape index (κ2) is 13.5. The van der Waals surface area contributed by atoms with Gasteiger partial charge in [0, 0.05) is 24.5 Å². The van der Waals surface area contributed by atoms with E-state index in [9.17, 15) is 28.2 Å². The van der Waals surface area contributed by atoms with Gasteiger partial charge in [0.1, 0.15) is 5.75 Å². The number of aliphatic hydroxyl groups is 1. The van der Waals surface area contributed by atoms with Crippen LogP contribution in [0.5, 0.6) is 5.75 Å². The second-order valence-corrected chi connectivity index (χ2v) is 10.7. The summed E-state index contributed by atoms with van der Waals surface area (Å²) in [6, 6.07) is 13.1. The van der Waals surface area contributed by atoms with E-state index in [4.69, 9.17) is 4.74 Å². The lowest BCUT2D eigenvalue weighted by atomic mass is 9.79. The molecule has 1 fully saturated rings. The van der Waals surface area contributed by atoms with Gasteiger partial charge in [-0.05, 0) is 105 Å². The SMILES string of the molecule is COc1ccc2nccc([C@H](O)CC[C@@H]3CCN(CCCc4ccccc4C(F)(F)F)C[C@H]3CCC(=O)O)c2c1. The Morgan fingerprint density at radius 3 is 2.70 bits per heavy atom. The summed E-state index contributed by atoms with van der Waals surface area (Å²) >= 11 is 0. The third-order valence-corrected chi connectivity index (χ3v) is 8.10. The van der Waals surface area contributed by atoms with Crippen LogP contribution in [0, 0.1) is 11.8 Å². The first-order chi connectivity index (χ1) is 19.2. The molecule has 1 aromatic heterocycles. The van der Waals surface area contributed by atoms with Crippen LogP contribution in [-0.2, 0) is 17.4 Å². The molecule has 4 rings (SSSR count). The number of carboxylic acids is 1. The number of benzene rings is 2. The number of ether oxygens (including phenoxy) is 1. The van der Waals surface area contributed by atoms with E-state index >= 15 is 0 Å². The summed E-state index contributed by atoms with van der Waals surface area (Å²) in [5.41, 5.74) is 1.31. The first-order valence-corrected chi connectivity index (χ1v) is 13.9. The Balaban J connectivity index is 1.36. The van der Waals surface area contributed by atoms with Gasteiger partial charge in [-0.15, -0.1) is 0 Å². The number of nitrogens with zero attached hydrogens (tertiary/aromatic N) is 2. The van der Waals surface area contributed by atoms with Gasteiger partial charge in [0.25, 0.3) is 0 Å². The Kier molecular flexibility index (Phi) is 10.0. The number of rotatable bonds is 12. The molecule has 40 heavy (non-hydrogen) atoms. The van der Waals surface area contributed by atoms with Gasteiger partial charge in [0.2, 0.25) is 0 Å². The molecule has 1 aliphatic rings. The highest BCUT2D eigenvalue weighted by molar-refractivity contribution is 5.83. The number of carboxylic acid groups (broad SMARTS) is 1. The molecule has 2 N–H and O–H groups in total. The average Bonchev–Trinajstić information content (AvgIpc) is 2.94. The molecule has 2 aromatic carbocycles. The Morgan fingerprint density at radius 1 is 1.15 bits per heavy atom. The summed E-state index contributed by atoms with van der Waals surface area (Å²) in [4.78, 5) is 18.0. The van der Waals surface area contributed by atoms with E-state index in [2.05, 4.69) is 9.88 Å². The van der Waals surface area contributed by atoms with Crippen molar-refractivity contribution in [2.45, 2.75) is 57.2 Å². The third kappa shape index (κ3) is 7.73. The number of aliphatic hydroxyl groups excluding tert-OH is 1. The Hall–Kier alpha value is -3.17. The van der Waals surface area contributed by atoms with Gasteiger partial charge in [-0.3, -0.25) is 9.78 Å². The third-order valence-electron chi connectivity index (χ3n) is 8.10. The number of aliphatic carboxylic acids is 1. The van der Waals surface area contributed by atoms with Crippen LogP contribution in [0.2, 0.25) is 0 Å². The van der Waals surface area contributed by atoms with Crippen LogP contribution < -0.4 is 4.74 Å². The van der Waals surface area contributed by atoms with Gasteiger partial charge < -0.3 is 19.8 Å². The van der Waals surface area contributed by atoms with Crippen molar-refractivity contribution in [1.82, 2.24) is 9.88 Å². The molecule has 3 atom stereocenters. The van der Waals surface area contributed by atoms with E-state index in [1.807, 2.05) is 24.3 Å². The number of likely N-dealkylation sites (tertiary alicyclic amines) is 1. The van der Waals surface area contributed by atoms with Gasteiger partial charge in [0.05, 0.1) is 24.3 Å². The number of aromatic nitrogens is 1. The topological polar surface area (TPSA) is 82.9 Å². The highest BCUT2D eigenvalue weighted by Gasteiger charge is 2.33. The van der Waals surface area contributed by atoms with E-state index in [0.29, 0.717) is 50.1 Å². The van der Waals surface area contributed by atoms with E-state index in [0.717, 1.165) is 41.9 Å². The fraction of sp³-hybridized carbons (Fsp3) is 0.484. The Labute approximate surface area is 232 Å². The van der Waals surface area contributed by atoms with Gasteiger partial charge in [-0.25, -0.2) is 0 Å². The van der Waals surface area contributed by atoms with Crippen LogP contribution in [0.4, 0.5) is 13.2 Å². The molecule has 3 aromatic rings. The van der Waals surface area contributed by atoms with Crippen molar-refractivity contribution >= 4 is 16.9 Å². The summed E-state index contributed by atoms with van der Waals surface area (Å²) in [7, 11) is 1.60. The van der Waals surface area contributed by atoms with Gasteiger partial charge >= 0.3 is 12.1 Å². The molecule has 0 aliphatic carbocycles. The molecule has 0 radical (unpaired) electrons. The van der Waals surface area contributed by atoms with Crippen LogP contribution in [0.1, 0.15) is 61.3 Å². The lowest BCUT2D eigenvalue weighted by Crippen LogP contribution is -2.41. The zero-order valence-electron chi connectivity index (χ0n) is 22.7. The summed E-state index contributed by atoms with van der Waals surface area (Å²) < 4.78 is 45.4. The maximum absolute atomic E-state index is 13.3. The maximum Gasteiger partial charge on any atom is 0.416 e. The molecule has 6 nitrogen and oxygen atoms in total. The largest absolute Gasteiger partial charge is 0.497 e. The van der Waals surface area contributed by atoms with Gasteiger partial charge in [0.15, 0.2) is 0 Å². The summed E-state index contributed by atoms with van der Waals surface area (Å²) in [6.45, 7) is 2.18. The first-order valence-electron chi connectivity index (χ1n) is 13.9. The Morgan fingerprint density at radius 2 is 1.95 bits per heavy atom. The molecular formula is C31H37F3N2O4. The molecule has 1 saturated heterocycles. The number of hydrogen-bond acceptors (Lipinski definition) is 5. The minimum absolute atomic E-state index is 0.0747. The fourth-order valence-corrected chi connectivity index (χ4v) is 5.97. The minimum Gasteiger partial charge on any atom is -0.497 e. The second-order valence-electron chi connectivity index (χ2n) is 10.7. The molecule has 9 heteroatoms. The van der Waals surface area contributed by atoms with Crippen molar-refractivity contribution in [1.29, 1.82) is 0 Å². The van der Waals surface area contributed by atoms with Crippen molar-refractivity contribution in [2.24, 2.45) is 11.8 Å². The zero-order chi connectivity index (χ0) is 28.7. The quantitative estimate of drug-likeness (QED) is 0.264. The molecule has 1 aliphatic heterocycles. The summed E-state index contributed by atoms with van der Waals surface area (Å²) in [6.07, 6.45) is 0.345. The van der Waals surface area contributed by atoms with E-state index in [1.54, 1.807) is 19.4 Å². The van der Waals surface area contributed by atoms with Crippen LogP contribution in [0.15, 0.2) is 54.7 Å². The molecule has 0 saturated carbocycles. The highest BCUT2D eigenvalue weighted by atomic mass is 19.4. The van der Waals surface area contributed by atoms with E-state index in [1.165, 1.54) is 12.1 Å². The zero-order valence-corrected chi connectivity index (χ0v) is 22.7. The molecule has 2 heterocycles. The smallest absolute Gasteiger partial charge is 0.416 e. The number of halogens is 3. The van der Waals surface area contributed by atoms with Gasteiger partial charge in [-0.1, -0.05) is 18.2 Å². The number of aryl methyl sites for hydroxylation is 1. The summed E-state index contributed by atoms with van der Waals surface area (Å²) in [5, 5.41) is 21.3. The van der Waals surface area contributed by atoms with Crippen molar-refractivity contribution in [2.75, 3.05) is 26.7 Å². The van der Waals surface area contributed by atoms with Gasteiger partial charge in [-0.2, -0.15) is 13.2 Å². The van der Waals surface area contributed by atoms with Crippen molar-refractivity contribution in [3.63, 3.8) is 0 Å². The van der Waals surface area contributed by atoms with E-state index < -0.39 is 23.8 Å². The van der Waals surface area contributed by atoms with E-state index in [-0.39, 0.29) is 18.3 Å². The van der Waals surface area contributed by atoms with Crippen LogP contribution in [-0.4, -0.2) is 52.8 Å². The number of hydrogen-bond donors (Lipinski definition) is 2. The molecule has 0 unspecified atom stereocenters. The average molecular weight is 559 g/mol. The molecule has 216 valence electrons. The predicted molar refractivity (Wildman–Crippen MR) is 147 cm³/mol. The number of carbonyl (C=O) groups is 1. The molecule has 0 amide bonds. The minimum atomic E-state index is -4.37. The predicted octanol–water partition coefficient (Wildman–Crippen LogP) is 6.51. The highest BCUT2D eigenvalue weighted by Crippen LogP contribution is 2.36. The number of fused-ring (bicyclic) bond motifs is 1.